The van der Waals surface area contributed by atoms with E-state index < -0.39 is 5.54 Å². The Bertz CT molecular complexity index is 714. The van der Waals surface area contributed by atoms with E-state index in [0.29, 0.717) is 12.5 Å². The number of hydrogen-bond acceptors (Lipinski definition) is 4. The maximum absolute atomic E-state index is 12.6. The van der Waals surface area contributed by atoms with Crippen LogP contribution in [0.1, 0.15) is 45.1 Å². The number of benzene rings is 1. The molecule has 1 amide bonds. The SMILES string of the molecule is CN=C(NC#N)NC1CCC(CNC(=O)C(C)(C)NC)(c2ccccc2)CC1. The molecule has 0 bridgehead atoms. The third kappa shape index (κ3) is 5.23. The summed E-state index contributed by atoms with van der Waals surface area (Å²) in [5, 5.41) is 20.9. The lowest BCUT2D eigenvalue weighted by Crippen LogP contribution is -2.55. The van der Waals surface area contributed by atoms with Crippen molar-refractivity contribution in [3.05, 3.63) is 35.9 Å². The molecule has 1 aromatic carbocycles. The van der Waals surface area contributed by atoms with Gasteiger partial charge in [-0.25, -0.2) is 0 Å². The largest absolute Gasteiger partial charge is 0.354 e. The number of guanidine groups is 1. The zero-order valence-electron chi connectivity index (χ0n) is 17.3. The van der Waals surface area contributed by atoms with Crippen molar-refractivity contribution in [3.8, 4) is 6.19 Å². The molecule has 1 fully saturated rings. The van der Waals surface area contributed by atoms with Crippen molar-refractivity contribution in [1.29, 1.82) is 5.26 Å². The molecule has 0 aromatic heterocycles. The molecule has 1 aliphatic rings. The summed E-state index contributed by atoms with van der Waals surface area (Å²) in [6.07, 6.45) is 5.67. The van der Waals surface area contributed by atoms with Crippen molar-refractivity contribution in [1.82, 2.24) is 21.3 Å². The quantitative estimate of drug-likeness (QED) is 0.258. The first-order chi connectivity index (χ1) is 13.4. The molecular formula is C21H32N6O. The van der Waals surface area contributed by atoms with Gasteiger partial charge < -0.3 is 16.0 Å². The molecule has 4 N–H and O–H groups in total. The predicted octanol–water partition coefficient (Wildman–Crippen LogP) is 1.63. The second kappa shape index (κ2) is 9.56. The number of nitrogens with zero attached hydrogens (tertiary/aromatic N) is 2. The van der Waals surface area contributed by atoms with Crippen molar-refractivity contribution < 1.29 is 4.79 Å². The second-order valence-electron chi connectivity index (χ2n) is 7.93. The lowest BCUT2D eigenvalue weighted by molar-refractivity contribution is -0.126. The van der Waals surface area contributed by atoms with Crippen LogP contribution in [0.25, 0.3) is 0 Å². The normalized spacial score (nSPS) is 22.8. The molecule has 7 nitrogen and oxygen atoms in total. The number of hydrogen-bond donors (Lipinski definition) is 4. The Morgan fingerprint density at radius 1 is 1.29 bits per heavy atom. The molecule has 1 saturated carbocycles. The smallest absolute Gasteiger partial charge is 0.239 e. The van der Waals surface area contributed by atoms with Crippen LogP contribution in [0.15, 0.2) is 35.3 Å². The van der Waals surface area contributed by atoms with E-state index in [4.69, 9.17) is 5.26 Å². The zero-order chi connectivity index (χ0) is 20.6. The molecule has 1 aliphatic carbocycles. The molecule has 1 aromatic rings. The molecule has 152 valence electrons. The average molecular weight is 385 g/mol. The molecular weight excluding hydrogens is 352 g/mol. The number of nitriles is 1. The van der Waals surface area contributed by atoms with E-state index in [1.165, 1.54) is 5.56 Å². The Kier molecular flexibility index (Phi) is 7.41. The van der Waals surface area contributed by atoms with Gasteiger partial charge in [0.2, 0.25) is 11.9 Å². The molecule has 0 heterocycles. The van der Waals surface area contributed by atoms with Gasteiger partial charge in [0.15, 0.2) is 6.19 Å². The Labute approximate surface area is 168 Å². The molecule has 0 aliphatic heterocycles. The van der Waals surface area contributed by atoms with Gasteiger partial charge in [0.1, 0.15) is 0 Å². The van der Waals surface area contributed by atoms with Crippen LogP contribution in [0.2, 0.25) is 0 Å². The molecule has 0 spiro atoms. The number of carbonyl (C=O) groups is 1. The van der Waals surface area contributed by atoms with Crippen LogP contribution in [-0.2, 0) is 10.2 Å². The number of rotatable bonds is 6. The van der Waals surface area contributed by atoms with Gasteiger partial charge in [-0.3, -0.25) is 15.1 Å². The fourth-order valence-electron chi connectivity index (χ4n) is 3.66. The van der Waals surface area contributed by atoms with Gasteiger partial charge in [0, 0.05) is 25.0 Å². The van der Waals surface area contributed by atoms with Crippen molar-refractivity contribution in [2.24, 2.45) is 4.99 Å². The first-order valence-corrected chi connectivity index (χ1v) is 9.78. The van der Waals surface area contributed by atoms with Gasteiger partial charge in [-0.15, -0.1) is 0 Å². The fraction of sp³-hybridized carbons (Fsp3) is 0.571. The summed E-state index contributed by atoms with van der Waals surface area (Å²) in [5.74, 6) is 0.507. The third-order valence-corrected chi connectivity index (χ3v) is 5.85. The van der Waals surface area contributed by atoms with Crippen LogP contribution in [0.4, 0.5) is 0 Å². The molecule has 7 heteroatoms. The van der Waals surface area contributed by atoms with Gasteiger partial charge in [-0.1, -0.05) is 30.3 Å². The minimum atomic E-state index is -0.605. The number of likely N-dealkylation sites (N-methyl/N-ethyl adjacent to an activating group) is 1. The van der Waals surface area contributed by atoms with Crippen molar-refractivity contribution in [2.45, 2.75) is 56.5 Å². The standard InChI is InChI=1S/C21H32N6O/c1-20(2,24-4)18(28)25-14-21(16-8-6-5-7-9-16)12-10-17(11-13-21)27-19(23-3)26-15-22/h5-9,17,24H,10-14H2,1-4H3,(H,25,28)(H2,23,26,27). The highest BCUT2D eigenvalue weighted by molar-refractivity contribution is 5.85. The van der Waals surface area contributed by atoms with Crippen LogP contribution in [0.3, 0.4) is 0 Å². The fourth-order valence-corrected chi connectivity index (χ4v) is 3.66. The highest BCUT2D eigenvalue weighted by Gasteiger charge is 2.38. The Morgan fingerprint density at radius 3 is 2.46 bits per heavy atom. The maximum Gasteiger partial charge on any atom is 0.239 e. The Hall–Kier alpha value is -2.59. The number of aliphatic imine (C=N–C) groups is 1. The van der Waals surface area contributed by atoms with E-state index in [-0.39, 0.29) is 17.4 Å². The summed E-state index contributed by atoms with van der Waals surface area (Å²) < 4.78 is 0. The van der Waals surface area contributed by atoms with E-state index in [0.717, 1.165) is 25.7 Å². The molecule has 0 atom stereocenters. The van der Waals surface area contributed by atoms with Crippen LogP contribution in [0, 0.1) is 11.5 Å². The molecule has 0 radical (unpaired) electrons. The van der Waals surface area contributed by atoms with Gasteiger partial charge in [-0.05, 0) is 52.1 Å². The van der Waals surface area contributed by atoms with Gasteiger partial charge in [-0.2, -0.15) is 5.26 Å². The summed E-state index contributed by atoms with van der Waals surface area (Å²) >= 11 is 0. The minimum absolute atomic E-state index is 0.00387. The number of carbonyl (C=O) groups excluding carboxylic acids is 1. The lowest BCUT2D eigenvalue weighted by atomic mass is 9.68. The van der Waals surface area contributed by atoms with E-state index >= 15 is 0 Å². The van der Waals surface area contributed by atoms with Crippen molar-refractivity contribution in [2.75, 3.05) is 20.6 Å². The Morgan fingerprint density at radius 2 is 1.93 bits per heavy atom. The van der Waals surface area contributed by atoms with Crippen molar-refractivity contribution >= 4 is 11.9 Å². The highest BCUT2D eigenvalue weighted by Crippen LogP contribution is 2.39. The van der Waals surface area contributed by atoms with E-state index in [1.807, 2.05) is 26.1 Å². The summed E-state index contributed by atoms with van der Waals surface area (Å²) in [6, 6.07) is 10.7. The maximum atomic E-state index is 12.6. The van der Waals surface area contributed by atoms with Crippen LogP contribution in [0.5, 0.6) is 0 Å². The molecule has 28 heavy (non-hydrogen) atoms. The van der Waals surface area contributed by atoms with Crippen molar-refractivity contribution in [3.63, 3.8) is 0 Å². The summed E-state index contributed by atoms with van der Waals surface area (Å²) in [4.78, 5) is 16.7. The first kappa shape index (κ1) is 21.7. The third-order valence-electron chi connectivity index (χ3n) is 5.85. The van der Waals surface area contributed by atoms with E-state index in [9.17, 15) is 4.79 Å². The molecule has 0 unspecified atom stereocenters. The number of amides is 1. The topological polar surface area (TPSA) is 101 Å². The van der Waals surface area contributed by atoms with Crippen LogP contribution in [-0.4, -0.2) is 44.1 Å². The minimum Gasteiger partial charge on any atom is -0.354 e. The van der Waals surface area contributed by atoms with E-state index in [2.05, 4.69) is 50.5 Å². The molecule has 2 rings (SSSR count). The average Bonchev–Trinajstić information content (AvgIpc) is 2.73. The summed E-state index contributed by atoms with van der Waals surface area (Å²) in [5.41, 5.74) is 0.563. The molecule has 0 saturated heterocycles. The van der Waals surface area contributed by atoms with Gasteiger partial charge >= 0.3 is 0 Å². The predicted molar refractivity (Wildman–Crippen MR) is 112 cm³/mol. The number of nitrogens with one attached hydrogen (secondary N) is 4. The van der Waals surface area contributed by atoms with Crippen LogP contribution >= 0.6 is 0 Å². The Balaban J connectivity index is 2.11. The first-order valence-electron chi connectivity index (χ1n) is 9.78. The summed E-state index contributed by atoms with van der Waals surface area (Å²) in [7, 11) is 3.45. The second-order valence-corrected chi connectivity index (χ2v) is 7.93. The van der Waals surface area contributed by atoms with Gasteiger partial charge in [0.25, 0.3) is 0 Å². The zero-order valence-corrected chi connectivity index (χ0v) is 17.3. The van der Waals surface area contributed by atoms with Crippen LogP contribution < -0.4 is 21.3 Å². The lowest BCUT2D eigenvalue weighted by Gasteiger charge is -2.42. The van der Waals surface area contributed by atoms with Gasteiger partial charge in [0.05, 0.1) is 5.54 Å². The van der Waals surface area contributed by atoms with E-state index in [1.54, 1.807) is 14.1 Å². The monoisotopic (exact) mass is 384 g/mol. The highest BCUT2D eigenvalue weighted by atomic mass is 16.2. The summed E-state index contributed by atoms with van der Waals surface area (Å²) in [6.45, 7) is 4.37.